The Morgan fingerprint density at radius 2 is 2.04 bits per heavy atom. The van der Waals surface area contributed by atoms with Crippen LogP contribution in [0, 0.1) is 3.57 Å². The van der Waals surface area contributed by atoms with Gasteiger partial charge in [0.2, 0.25) is 5.95 Å². The summed E-state index contributed by atoms with van der Waals surface area (Å²) in [6, 6.07) is 11.0. The van der Waals surface area contributed by atoms with Gasteiger partial charge in [-0.15, -0.1) is 0 Å². The molecular weight excluding hydrogens is 457 g/mol. The molecule has 0 radical (unpaired) electrons. The molecule has 0 fully saturated rings. The fraction of sp³-hybridized carbons (Fsp3) is 0.0556. The van der Waals surface area contributed by atoms with Crippen molar-refractivity contribution in [1.29, 1.82) is 0 Å². The van der Waals surface area contributed by atoms with E-state index in [0.717, 1.165) is 14.7 Å². The topological polar surface area (TPSA) is 114 Å². The van der Waals surface area contributed by atoms with Crippen molar-refractivity contribution in [2.24, 2.45) is 0 Å². The van der Waals surface area contributed by atoms with Crippen molar-refractivity contribution in [3.63, 3.8) is 0 Å². The number of hydrogen-bond acceptors (Lipinski definition) is 6. The predicted molar refractivity (Wildman–Crippen MR) is 111 cm³/mol. The molecule has 0 saturated heterocycles. The first-order valence-electron chi connectivity index (χ1n) is 8.00. The van der Waals surface area contributed by atoms with Crippen LogP contribution in [-0.4, -0.2) is 38.1 Å². The third-order valence-electron chi connectivity index (χ3n) is 4.08. The largest absolute Gasteiger partial charge is 0.368 e. The van der Waals surface area contributed by atoms with E-state index in [0.29, 0.717) is 22.6 Å². The van der Waals surface area contributed by atoms with Gasteiger partial charge in [0.05, 0.1) is 11.2 Å². The monoisotopic (exact) mass is 471 g/mol. The molecule has 0 spiro atoms. The number of hydrogen-bond donors (Lipinski definition) is 2. The zero-order valence-electron chi connectivity index (χ0n) is 14.2. The average molecular weight is 471 g/mol. The second-order valence-corrected chi connectivity index (χ2v) is 7.05. The van der Waals surface area contributed by atoms with Gasteiger partial charge < -0.3 is 5.73 Å². The lowest BCUT2D eigenvalue weighted by molar-refractivity contribution is 0.0989. The Balaban J connectivity index is 1.89. The van der Waals surface area contributed by atoms with Crippen LogP contribution in [0.5, 0.6) is 0 Å². The van der Waals surface area contributed by atoms with Gasteiger partial charge in [-0.05, 0) is 52.9 Å². The number of nitrogens with one attached hydrogen (secondary N) is 1. The van der Waals surface area contributed by atoms with Gasteiger partial charge >= 0.3 is 0 Å². The summed E-state index contributed by atoms with van der Waals surface area (Å²) in [5.74, 6) is 0.433. The second-order valence-electron chi connectivity index (χ2n) is 5.80. The fourth-order valence-electron chi connectivity index (χ4n) is 2.82. The number of H-pyrrole nitrogens is 1. The van der Waals surface area contributed by atoms with Crippen molar-refractivity contribution < 1.29 is 4.79 Å². The number of nitrogens with two attached hydrogens (primary N) is 1. The normalized spacial score (nSPS) is 10.9. The summed E-state index contributed by atoms with van der Waals surface area (Å²) in [5.41, 5.74) is 8.17. The van der Waals surface area contributed by atoms with Crippen LogP contribution in [0.25, 0.3) is 22.2 Å². The molecule has 4 aromatic rings. The van der Waals surface area contributed by atoms with E-state index in [1.165, 1.54) is 4.90 Å². The van der Waals surface area contributed by atoms with E-state index >= 15 is 0 Å². The van der Waals surface area contributed by atoms with Crippen molar-refractivity contribution in [2.45, 2.75) is 0 Å². The minimum atomic E-state index is -0.274. The third kappa shape index (κ3) is 3.21. The summed E-state index contributed by atoms with van der Waals surface area (Å²) in [5, 5.41) is 7.89. The molecule has 134 valence electrons. The van der Waals surface area contributed by atoms with Crippen LogP contribution in [0.4, 0.5) is 11.8 Å². The average Bonchev–Trinajstić information content (AvgIpc) is 3.10. The van der Waals surface area contributed by atoms with E-state index in [2.05, 4.69) is 47.7 Å². The molecule has 27 heavy (non-hydrogen) atoms. The molecule has 0 aliphatic carbocycles. The predicted octanol–water partition coefficient (Wildman–Crippen LogP) is 2.88. The van der Waals surface area contributed by atoms with Crippen molar-refractivity contribution in [3.8, 4) is 11.3 Å². The van der Waals surface area contributed by atoms with Gasteiger partial charge in [0.15, 0.2) is 5.69 Å². The zero-order chi connectivity index (χ0) is 19.0. The molecule has 1 aromatic carbocycles. The van der Waals surface area contributed by atoms with Gasteiger partial charge in [0.1, 0.15) is 5.82 Å². The standard InChI is InChI=1S/C18H14IN7O/c1-26(14-4-2-3-6-21-14)17(27)16-15-11(12-5-7-22-18(20)23-12)8-10(19)9-13(15)24-25-16/h2-9H,1H3,(H,24,25)(H2,20,22,23). The smallest absolute Gasteiger partial charge is 0.280 e. The van der Waals surface area contributed by atoms with Crippen LogP contribution < -0.4 is 10.6 Å². The number of carbonyl (C=O) groups excluding carboxylic acids is 1. The van der Waals surface area contributed by atoms with Gasteiger partial charge in [-0.3, -0.25) is 14.8 Å². The lowest BCUT2D eigenvalue weighted by Gasteiger charge is -2.15. The number of nitrogens with zero attached hydrogens (tertiary/aromatic N) is 5. The summed E-state index contributed by atoms with van der Waals surface area (Å²) in [6.07, 6.45) is 3.23. The molecule has 9 heteroatoms. The van der Waals surface area contributed by atoms with Crippen LogP contribution in [0.3, 0.4) is 0 Å². The van der Waals surface area contributed by atoms with E-state index in [9.17, 15) is 4.79 Å². The van der Waals surface area contributed by atoms with Gasteiger partial charge in [0, 0.05) is 34.0 Å². The van der Waals surface area contributed by atoms with Gasteiger partial charge in [-0.25, -0.2) is 15.0 Å². The minimum Gasteiger partial charge on any atom is -0.368 e. The second kappa shape index (κ2) is 6.91. The number of aromatic nitrogens is 5. The number of rotatable bonds is 3. The van der Waals surface area contributed by atoms with Gasteiger partial charge in [0.25, 0.3) is 5.91 Å². The highest BCUT2D eigenvalue weighted by Gasteiger charge is 2.23. The summed E-state index contributed by atoms with van der Waals surface area (Å²) in [4.78, 5) is 27.0. The molecule has 8 nitrogen and oxygen atoms in total. The van der Waals surface area contributed by atoms with Crippen molar-refractivity contribution in [3.05, 3.63) is 58.1 Å². The quantitative estimate of drug-likeness (QED) is 0.445. The van der Waals surface area contributed by atoms with E-state index < -0.39 is 0 Å². The molecule has 0 unspecified atom stereocenters. The highest BCUT2D eigenvalue weighted by molar-refractivity contribution is 14.1. The summed E-state index contributed by atoms with van der Waals surface area (Å²) in [7, 11) is 1.67. The SMILES string of the molecule is CN(C(=O)c1n[nH]c2cc(I)cc(-c3ccnc(N)n3)c12)c1ccccn1. The first kappa shape index (κ1) is 17.3. The van der Waals surface area contributed by atoms with Crippen molar-refractivity contribution >= 4 is 51.2 Å². The highest BCUT2D eigenvalue weighted by atomic mass is 127. The number of benzene rings is 1. The summed E-state index contributed by atoms with van der Waals surface area (Å²) >= 11 is 2.21. The Bertz CT molecular complexity index is 1140. The number of fused-ring (bicyclic) bond motifs is 1. The third-order valence-corrected chi connectivity index (χ3v) is 4.70. The van der Waals surface area contributed by atoms with Gasteiger partial charge in [-0.2, -0.15) is 5.10 Å². The first-order valence-corrected chi connectivity index (χ1v) is 9.08. The Morgan fingerprint density at radius 1 is 1.19 bits per heavy atom. The van der Waals surface area contributed by atoms with Crippen LogP contribution in [-0.2, 0) is 0 Å². The molecule has 3 aromatic heterocycles. The van der Waals surface area contributed by atoms with E-state index in [-0.39, 0.29) is 11.9 Å². The molecule has 1 amide bonds. The molecule has 0 atom stereocenters. The Hall–Kier alpha value is -3.08. The first-order chi connectivity index (χ1) is 13.0. The number of anilines is 2. The summed E-state index contributed by atoms with van der Waals surface area (Å²) in [6.45, 7) is 0. The number of amides is 1. The maximum atomic E-state index is 13.1. The molecule has 0 aliphatic heterocycles. The van der Waals surface area contributed by atoms with E-state index in [1.54, 1.807) is 37.6 Å². The number of nitrogen functional groups attached to an aromatic ring is 1. The lowest BCUT2D eigenvalue weighted by atomic mass is 10.0. The maximum absolute atomic E-state index is 13.1. The molecule has 3 heterocycles. The highest BCUT2D eigenvalue weighted by Crippen LogP contribution is 2.32. The molecule has 0 bridgehead atoms. The van der Waals surface area contributed by atoms with Gasteiger partial charge in [-0.1, -0.05) is 6.07 Å². The fourth-order valence-corrected chi connectivity index (χ4v) is 3.44. The number of pyridine rings is 1. The Morgan fingerprint density at radius 3 is 2.78 bits per heavy atom. The molecule has 3 N–H and O–H groups in total. The number of carbonyl (C=O) groups is 1. The van der Waals surface area contributed by atoms with E-state index in [4.69, 9.17) is 5.73 Å². The van der Waals surface area contributed by atoms with Crippen LogP contribution in [0.2, 0.25) is 0 Å². The molecule has 0 aliphatic rings. The molecule has 0 saturated carbocycles. The molecular formula is C18H14IN7O. The van der Waals surface area contributed by atoms with Crippen molar-refractivity contribution in [1.82, 2.24) is 25.1 Å². The Labute approximate surface area is 168 Å². The lowest BCUT2D eigenvalue weighted by Crippen LogP contribution is -2.27. The number of halogens is 1. The minimum absolute atomic E-state index is 0.168. The van der Waals surface area contributed by atoms with Crippen LogP contribution in [0.15, 0.2) is 48.8 Å². The summed E-state index contributed by atoms with van der Waals surface area (Å²) < 4.78 is 0.980. The maximum Gasteiger partial charge on any atom is 0.280 e. The van der Waals surface area contributed by atoms with Crippen molar-refractivity contribution in [2.75, 3.05) is 17.7 Å². The van der Waals surface area contributed by atoms with Crippen LogP contribution in [0.1, 0.15) is 10.5 Å². The van der Waals surface area contributed by atoms with Crippen LogP contribution >= 0.6 is 22.6 Å². The Kier molecular flexibility index (Phi) is 4.44. The van der Waals surface area contributed by atoms with E-state index in [1.807, 2.05) is 18.2 Å². The molecule has 4 rings (SSSR count). The zero-order valence-corrected chi connectivity index (χ0v) is 16.4. The number of aromatic amines is 1.